The van der Waals surface area contributed by atoms with Gasteiger partial charge in [-0.1, -0.05) is 12.1 Å². The van der Waals surface area contributed by atoms with Gasteiger partial charge in [0.15, 0.2) is 0 Å². The minimum Gasteiger partial charge on any atom is -0.497 e. The zero-order valence-corrected chi connectivity index (χ0v) is 14.5. The number of pyridine rings is 1. The number of benzene rings is 2. The van der Waals surface area contributed by atoms with Crippen LogP contribution in [0.3, 0.4) is 0 Å². The van der Waals surface area contributed by atoms with Crippen LogP contribution in [0.1, 0.15) is 10.5 Å². The summed E-state index contributed by atoms with van der Waals surface area (Å²) in [4.78, 5) is 16.6. The van der Waals surface area contributed by atoms with Crippen molar-refractivity contribution in [2.75, 3.05) is 24.9 Å². The van der Waals surface area contributed by atoms with Crippen molar-refractivity contribution >= 4 is 23.0 Å². The zero-order valence-electron chi connectivity index (χ0n) is 14.5. The first kappa shape index (κ1) is 17.3. The molecule has 2 N–H and O–H groups in total. The molecule has 0 aliphatic rings. The standard InChI is InChI=1S/C20H19N3O3/c1-25-16-10-7-14(8-11-16)22-15-9-12-18(21-13-15)20(24)23-17-5-3-4-6-19(17)26-2/h3-13,22H,1-2H3,(H,23,24). The third kappa shape index (κ3) is 4.10. The van der Waals surface area contributed by atoms with Gasteiger partial charge >= 0.3 is 0 Å². The van der Waals surface area contributed by atoms with Crippen molar-refractivity contribution in [1.29, 1.82) is 0 Å². The number of hydrogen-bond donors (Lipinski definition) is 2. The fraction of sp³-hybridized carbons (Fsp3) is 0.100. The van der Waals surface area contributed by atoms with E-state index >= 15 is 0 Å². The lowest BCUT2D eigenvalue weighted by molar-refractivity contribution is 0.102. The number of nitrogens with zero attached hydrogens (tertiary/aromatic N) is 1. The molecule has 26 heavy (non-hydrogen) atoms. The van der Waals surface area contributed by atoms with Crippen LogP contribution in [0, 0.1) is 0 Å². The number of nitrogens with one attached hydrogen (secondary N) is 2. The van der Waals surface area contributed by atoms with Gasteiger partial charge in [-0.3, -0.25) is 4.79 Å². The predicted octanol–water partition coefficient (Wildman–Crippen LogP) is 4.09. The number of rotatable bonds is 6. The molecule has 0 atom stereocenters. The largest absolute Gasteiger partial charge is 0.497 e. The summed E-state index contributed by atoms with van der Waals surface area (Å²) in [6.45, 7) is 0. The van der Waals surface area contributed by atoms with E-state index in [0.29, 0.717) is 17.1 Å². The number of carbonyl (C=O) groups is 1. The van der Waals surface area contributed by atoms with E-state index in [4.69, 9.17) is 9.47 Å². The smallest absolute Gasteiger partial charge is 0.274 e. The lowest BCUT2D eigenvalue weighted by Crippen LogP contribution is -2.14. The molecule has 3 rings (SSSR count). The molecule has 0 bridgehead atoms. The third-order valence-electron chi connectivity index (χ3n) is 3.73. The van der Waals surface area contributed by atoms with Gasteiger partial charge in [0.2, 0.25) is 0 Å². The van der Waals surface area contributed by atoms with Crippen molar-refractivity contribution in [2.45, 2.75) is 0 Å². The van der Waals surface area contributed by atoms with Gasteiger partial charge in [-0.2, -0.15) is 0 Å². The van der Waals surface area contributed by atoms with Crippen LogP contribution in [0.5, 0.6) is 11.5 Å². The van der Waals surface area contributed by atoms with Gasteiger partial charge in [0.1, 0.15) is 17.2 Å². The average molecular weight is 349 g/mol. The molecule has 6 heteroatoms. The molecule has 1 aromatic heterocycles. The van der Waals surface area contributed by atoms with Crippen molar-refractivity contribution in [3.05, 3.63) is 72.6 Å². The monoisotopic (exact) mass is 349 g/mol. The van der Waals surface area contributed by atoms with Crippen molar-refractivity contribution in [3.8, 4) is 11.5 Å². The number of anilines is 3. The highest BCUT2D eigenvalue weighted by atomic mass is 16.5. The van der Waals surface area contributed by atoms with E-state index in [0.717, 1.165) is 17.1 Å². The Morgan fingerprint density at radius 3 is 2.27 bits per heavy atom. The maximum atomic E-state index is 12.4. The van der Waals surface area contributed by atoms with E-state index in [-0.39, 0.29) is 5.91 Å². The van der Waals surface area contributed by atoms with Crippen molar-refractivity contribution in [2.24, 2.45) is 0 Å². The number of carbonyl (C=O) groups excluding carboxylic acids is 1. The van der Waals surface area contributed by atoms with E-state index in [9.17, 15) is 4.79 Å². The van der Waals surface area contributed by atoms with Gasteiger partial charge in [0.05, 0.1) is 31.8 Å². The Kier molecular flexibility index (Phi) is 5.34. The minimum atomic E-state index is -0.300. The lowest BCUT2D eigenvalue weighted by Gasteiger charge is -2.10. The number of ether oxygens (including phenoxy) is 2. The van der Waals surface area contributed by atoms with Crippen LogP contribution in [-0.4, -0.2) is 25.1 Å². The molecule has 0 unspecified atom stereocenters. The second-order valence-corrected chi connectivity index (χ2v) is 5.44. The number of hydrogen-bond acceptors (Lipinski definition) is 5. The summed E-state index contributed by atoms with van der Waals surface area (Å²) < 4.78 is 10.4. The SMILES string of the molecule is COc1ccc(Nc2ccc(C(=O)Nc3ccccc3OC)nc2)cc1. The van der Waals surface area contributed by atoms with E-state index in [1.807, 2.05) is 36.4 Å². The molecule has 132 valence electrons. The van der Waals surface area contributed by atoms with Gasteiger partial charge in [0.25, 0.3) is 5.91 Å². The third-order valence-corrected chi connectivity index (χ3v) is 3.73. The average Bonchev–Trinajstić information content (AvgIpc) is 2.69. The zero-order chi connectivity index (χ0) is 18.4. The Balaban J connectivity index is 1.67. The number of aromatic nitrogens is 1. The van der Waals surface area contributed by atoms with E-state index in [1.54, 1.807) is 44.7 Å². The van der Waals surface area contributed by atoms with Crippen LogP contribution >= 0.6 is 0 Å². The van der Waals surface area contributed by atoms with Crippen LogP contribution in [0.25, 0.3) is 0 Å². The van der Waals surface area contributed by atoms with E-state index in [1.165, 1.54) is 0 Å². The normalized spacial score (nSPS) is 10.1. The van der Waals surface area contributed by atoms with E-state index < -0.39 is 0 Å². The van der Waals surface area contributed by atoms with Gasteiger partial charge in [-0.15, -0.1) is 0 Å². The Morgan fingerprint density at radius 2 is 1.62 bits per heavy atom. The first-order chi connectivity index (χ1) is 12.7. The van der Waals surface area contributed by atoms with Gasteiger partial charge in [-0.25, -0.2) is 4.98 Å². The highest BCUT2D eigenvalue weighted by molar-refractivity contribution is 6.03. The first-order valence-corrected chi connectivity index (χ1v) is 8.01. The molecule has 1 amide bonds. The van der Waals surface area contributed by atoms with E-state index in [2.05, 4.69) is 15.6 Å². The van der Waals surface area contributed by atoms with Crippen molar-refractivity contribution < 1.29 is 14.3 Å². The van der Waals surface area contributed by atoms with Crippen LogP contribution in [0.15, 0.2) is 66.9 Å². The minimum absolute atomic E-state index is 0.300. The molecule has 0 saturated heterocycles. The molecule has 0 radical (unpaired) electrons. The highest BCUT2D eigenvalue weighted by Crippen LogP contribution is 2.24. The summed E-state index contributed by atoms with van der Waals surface area (Å²) in [5.41, 5.74) is 2.60. The first-order valence-electron chi connectivity index (χ1n) is 8.01. The molecule has 0 aliphatic heterocycles. The van der Waals surface area contributed by atoms with Gasteiger partial charge < -0.3 is 20.1 Å². The second-order valence-electron chi connectivity index (χ2n) is 5.44. The quantitative estimate of drug-likeness (QED) is 0.701. The molecule has 0 fully saturated rings. The number of methoxy groups -OCH3 is 2. The highest BCUT2D eigenvalue weighted by Gasteiger charge is 2.10. The molecular formula is C20H19N3O3. The maximum absolute atomic E-state index is 12.4. The molecule has 0 aliphatic carbocycles. The lowest BCUT2D eigenvalue weighted by atomic mass is 10.2. The molecular weight excluding hydrogens is 330 g/mol. The summed E-state index contributed by atoms with van der Waals surface area (Å²) in [6.07, 6.45) is 1.61. The summed E-state index contributed by atoms with van der Waals surface area (Å²) in [5.74, 6) is 1.08. The molecule has 1 heterocycles. The van der Waals surface area contributed by atoms with Crippen LogP contribution in [0.2, 0.25) is 0 Å². The van der Waals surface area contributed by atoms with Crippen LogP contribution in [-0.2, 0) is 0 Å². The van der Waals surface area contributed by atoms with Gasteiger partial charge in [-0.05, 0) is 48.5 Å². The number of para-hydroxylation sites is 2. The Hall–Kier alpha value is -3.54. The Labute approximate surface area is 151 Å². The topological polar surface area (TPSA) is 72.5 Å². The fourth-order valence-electron chi connectivity index (χ4n) is 2.38. The Bertz CT molecular complexity index is 878. The van der Waals surface area contributed by atoms with Crippen molar-refractivity contribution in [1.82, 2.24) is 4.98 Å². The molecule has 3 aromatic rings. The van der Waals surface area contributed by atoms with Crippen LogP contribution in [0.4, 0.5) is 17.1 Å². The van der Waals surface area contributed by atoms with Crippen molar-refractivity contribution in [3.63, 3.8) is 0 Å². The summed E-state index contributed by atoms with van der Waals surface area (Å²) >= 11 is 0. The summed E-state index contributed by atoms with van der Waals surface area (Å²) in [7, 11) is 3.18. The molecule has 0 spiro atoms. The maximum Gasteiger partial charge on any atom is 0.274 e. The van der Waals surface area contributed by atoms with Crippen LogP contribution < -0.4 is 20.1 Å². The van der Waals surface area contributed by atoms with Gasteiger partial charge in [0, 0.05) is 5.69 Å². The molecule has 6 nitrogen and oxygen atoms in total. The molecule has 0 saturated carbocycles. The number of amides is 1. The summed E-state index contributed by atoms with van der Waals surface area (Å²) in [6, 6.07) is 18.2. The Morgan fingerprint density at radius 1 is 0.885 bits per heavy atom. The summed E-state index contributed by atoms with van der Waals surface area (Å²) in [5, 5.41) is 6.02. The predicted molar refractivity (Wildman–Crippen MR) is 101 cm³/mol. The second kappa shape index (κ2) is 8.02. The molecule has 2 aromatic carbocycles. The fourth-order valence-corrected chi connectivity index (χ4v) is 2.38.